The number of aromatic nitrogens is 1. The molecule has 0 atom stereocenters. The van der Waals surface area contributed by atoms with Crippen LogP contribution in [-0.2, 0) is 13.0 Å². The van der Waals surface area contributed by atoms with Crippen LogP contribution in [0, 0.1) is 5.82 Å². The smallest absolute Gasteiger partial charge is 0.191 e. The zero-order valence-electron chi connectivity index (χ0n) is 15.1. The number of H-pyrrole nitrogens is 1. The maximum absolute atomic E-state index is 13.3. The van der Waals surface area contributed by atoms with Gasteiger partial charge < -0.3 is 20.7 Å². The van der Waals surface area contributed by atoms with Crippen molar-refractivity contribution in [2.45, 2.75) is 19.9 Å². The molecule has 0 saturated carbocycles. The number of phenols is 1. The number of hydrogen-bond donors (Lipinski definition) is 4. The fourth-order valence-corrected chi connectivity index (χ4v) is 2.85. The molecular weight excluding hydrogens is 458 g/mol. The highest BCUT2D eigenvalue weighted by atomic mass is 127. The maximum atomic E-state index is 13.3. The van der Waals surface area contributed by atoms with Crippen molar-refractivity contribution in [1.29, 1.82) is 0 Å². The number of halogens is 2. The lowest BCUT2D eigenvalue weighted by atomic mass is 10.1. The molecule has 7 heteroatoms. The van der Waals surface area contributed by atoms with E-state index < -0.39 is 0 Å². The van der Waals surface area contributed by atoms with Crippen LogP contribution in [0.4, 0.5) is 4.39 Å². The second-order valence-electron chi connectivity index (χ2n) is 6.05. The number of aromatic hydroxyl groups is 1. The third-order valence-corrected chi connectivity index (χ3v) is 4.09. The summed E-state index contributed by atoms with van der Waals surface area (Å²) in [5.41, 5.74) is 2.89. The lowest BCUT2D eigenvalue weighted by Crippen LogP contribution is -2.38. The van der Waals surface area contributed by atoms with Crippen molar-refractivity contribution in [3.05, 3.63) is 65.6 Å². The quantitative estimate of drug-likeness (QED) is 0.245. The average Bonchev–Trinajstić information content (AvgIpc) is 3.02. The molecule has 144 valence electrons. The molecule has 1 aromatic heterocycles. The first-order valence-corrected chi connectivity index (χ1v) is 8.71. The Balaban J connectivity index is 0.00000261. The van der Waals surface area contributed by atoms with Gasteiger partial charge in [0.05, 0.1) is 6.54 Å². The number of benzene rings is 2. The van der Waals surface area contributed by atoms with Crippen LogP contribution in [0.3, 0.4) is 0 Å². The van der Waals surface area contributed by atoms with Crippen LogP contribution in [0.2, 0.25) is 0 Å². The van der Waals surface area contributed by atoms with Gasteiger partial charge in [0.25, 0.3) is 0 Å². The van der Waals surface area contributed by atoms with Crippen LogP contribution in [0.25, 0.3) is 10.9 Å². The lowest BCUT2D eigenvalue weighted by molar-refractivity contribution is 0.474. The van der Waals surface area contributed by atoms with E-state index in [-0.39, 0.29) is 35.5 Å². The van der Waals surface area contributed by atoms with Crippen LogP contribution in [0.1, 0.15) is 18.1 Å². The molecule has 5 nitrogen and oxygen atoms in total. The highest BCUT2D eigenvalue weighted by molar-refractivity contribution is 14.0. The van der Waals surface area contributed by atoms with E-state index >= 15 is 0 Å². The van der Waals surface area contributed by atoms with Crippen LogP contribution in [-0.4, -0.2) is 29.1 Å². The molecule has 0 saturated heterocycles. The molecule has 0 amide bonds. The van der Waals surface area contributed by atoms with Crippen LogP contribution < -0.4 is 10.6 Å². The Kier molecular flexibility index (Phi) is 7.90. The van der Waals surface area contributed by atoms with Gasteiger partial charge in [-0.05, 0) is 54.8 Å². The fraction of sp³-hybridized carbons (Fsp3) is 0.250. The Morgan fingerprint density at radius 2 is 2.04 bits per heavy atom. The third-order valence-electron chi connectivity index (χ3n) is 4.09. The Morgan fingerprint density at radius 1 is 1.19 bits per heavy atom. The molecule has 0 aliphatic carbocycles. The van der Waals surface area contributed by atoms with Gasteiger partial charge in [-0.3, -0.25) is 0 Å². The number of hydrogen-bond acceptors (Lipinski definition) is 2. The molecule has 1 heterocycles. The van der Waals surface area contributed by atoms with E-state index in [0.29, 0.717) is 13.1 Å². The summed E-state index contributed by atoms with van der Waals surface area (Å²) in [4.78, 5) is 7.65. The van der Waals surface area contributed by atoms with Gasteiger partial charge >= 0.3 is 0 Å². The Labute approximate surface area is 175 Å². The molecule has 0 radical (unpaired) electrons. The third kappa shape index (κ3) is 5.85. The van der Waals surface area contributed by atoms with Crippen molar-refractivity contribution < 1.29 is 9.50 Å². The van der Waals surface area contributed by atoms with E-state index in [1.165, 1.54) is 12.1 Å². The highest BCUT2D eigenvalue weighted by Crippen LogP contribution is 2.19. The van der Waals surface area contributed by atoms with Crippen molar-refractivity contribution >= 4 is 40.8 Å². The van der Waals surface area contributed by atoms with E-state index in [1.807, 2.05) is 19.2 Å². The van der Waals surface area contributed by atoms with Crippen molar-refractivity contribution in [3.63, 3.8) is 0 Å². The van der Waals surface area contributed by atoms with Crippen LogP contribution in [0.15, 0.2) is 53.7 Å². The summed E-state index contributed by atoms with van der Waals surface area (Å²) in [6.07, 6.45) is 2.71. The first kappa shape index (κ1) is 21.0. The zero-order chi connectivity index (χ0) is 18.4. The maximum Gasteiger partial charge on any atom is 0.191 e. The summed E-state index contributed by atoms with van der Waals surface area (Å²) in [6.45, 7) is 3.96. The molecule has 3 aromatic rings. The monoisotopic (exact) mass is 482 g/mol. The van der Waals surface area contributed by atoms with E-state index in [0.717, 1.165) is 41.0 Å². The minimum Gasteiger partial charge on any atom is -0.508 e. The fourth-order valence-electron chi connectivity index (χ4n) is 2.85. The predicted octanol–water partition coefficient (Wildman–Crippen LogP) is 3.93. The Bertz CT molecular complexity index is 910. The Morgan fingerprint density at radius 3 is 2.81 bits per heavy atom. The van der Waals surface area contributed by atoms with Gasteiger partial charge in [0.2, 0.25) is 0 Å². The summed E-state index contributed by atoms with van der Waals surface area (Å²) in [6, 6.07) is 11.9. The van der Waals surface area contributed by atoms with Crippen LogP contribution in [0.5, 0.6) is 5.75 Å². The standard InChI is InChI=1S/C20H23FN4O.HI/c1-2-22-20(25-12-14-4-3-5-17(26)10-14)23-9-8-15-13-24-19-11-16(21)6-7-18(15)19;/h3-7,10-11,13,24,26H,2,8-9,12H2,1H3,(H2,22,23,25);1H. The van der Waals surface area contributed by atoms with E-state index in [1.54, 1.807) is 24.3 Å². The minimum atomic E-state index is -0.238. The van der Waals surface area contributed by atoms with Gasteiger partial charge in [-0.2, -0.15) is 0 Å². The highest BCUT2D eigenvalue weighted by Gasteiger charge is 2.05. The lowest BCUT2D eigenvalue weighted by Gasteiger charge is -2.11. The Hall–Kier alpha value is -2.29. The molecular formula is C20H24FIN4O. The molecule has 4 N–H and O–H groups in total. The van der Waals surface area contributed by atoms with Crippen molar-refractivity contribution in [2.75, 3.05) is 13.1 Å². The van der Waals surface area contributed by atoms with Crippen molar-refractivity contribution in [2.24, 2.45) is 4.99 Å². The van der Waals surface area contributed by atoms with Crippen LogP contribution >= 0.6 is 24.0 Å². The van der Waals surface area contributed by atoms with Crippen molar-refractivity contribution in [3.8, 4) is 5.75 Å². The largest absolute Gasteiger partial charge is 0.508 e. The van der Waals surface area contributed by atoms with Gasteiger partial charge in [-0.15, -0.1) is 24.0 Å². The summed E-state index contributed by atoms with van der Waals surface area (Å²) in [5.74, 6) is 0.728. The number of nitrogens with one attached hydrogen (secondary N) is 3. The molecule has 3 rings (SSSR count). The number of aromatic amines is 1. The SMILES string of the molecule is CCNC(=NCc1cccc(O)c1)NCCc1c[nH]c2cc(F)ccc12.I. The molecule has 0 unspecified atom stereocenters. The van der Waals surface area contributed by atoms with E-state index in [9.17, 15) is 9.50 Å². The number of fused-ring (bicyclic) bond motifs is 1. The summed E-state index contributed by atoms with van der Waals surface area (Å²) >= 11 is 0. The van der Waals surface area contributed by atoms with Gasteiger partial charge in [0.15, 0.2) is 5.96 Å². The first-order valence-electron chi connectivity index (χ1n) is 8.71. The van der Waals surface area contributed by atoms with E-state index in [2.05, 4.69) is 20.6 Å². The molecule has 0 aliphatic heterocycles. The molecule has 2 aromatic carbocycles. The molecule has 0 bridgehead atoms. The normalized spacial score (nSPS) is 11.3. The van der Waals surface area contributed by atoms with Gasteiger partial charge in [0.1, 0.15) is 11.6 Å². The number of rotatable bonds is 6. The van der Waals surface area contributed by atoms with Gasteiger partial charge in [0, 0.05) is 30.2 Å². The second-order valence-corrected chi connectivity index (χ2v) is 6.05. The van der Waals surface area contributed by atoms with E-state index in [4.69, 9.17) is 0 Å². The number of aliphatic imine (C=N–C) groups is 1. The first-order chi connectivity index (χ1) is 12.7. The van der Waals surface area contributed by atoms with Crippen molar-refractivity contribution in [1.82, 2.24) is 15.6 Å². The molecule has 0 fully saturated rings. The van der Waals surface area contributed by atoms with Gasteiger partial charge in [-0.1, -0.05) is 12.1 Å². The average molecular weight is 482 g/mol. The molecule has 0 aliphatic rings. The summed E-state index contributed by atoms with van der Waals surface area (Å²) in [7, 11) is 0. The molecule has 27 heavy (non-hydrogen) atoms. The summed E-state index contributed by atoms with van der Waals surface area (Å²) in [5, 5.41) is 17.1. The predicted molar refractivity (Wildman–Crippen MR) is 118 cm³/mol. The molecule has 0 spiro atoms. The number of nitrogens with zero attached hydrogens (tertiary/aromatic N) is 1. The second kappa shape index (κ2) is 10.1. The zero-order valence-corrected chi connectivity index (χ0v) is 17.5. The number of guanidine groups is 1. The summed E-state index contributed by atoms with van der Waals surface area (Å²) < 4.78 is 13.3. The topological polar surface area (TPSA) is 72.4 Å². The van der Waals surface area contributed by atoms with Gasteiger partial charge in [-0.25, -0.2) is 9.38 Å². The minimum absolute atomic E-state index is 0. The number of phenolic OH excluding ortho intramolecular Hbond substituents is 1.